The molecule has 1 fully saturated rings. The molecule has 0 spiro atoms. The number of hydrazine groups is 1. The van der Waals surface area contributed by atoms with Crippen LogP contribution in [0.15, 0.2) is 42.5 Å². The van der Waals surface area contributed by atoms with Gasteiger partial charge in [0.25, 0.3) is 0 Å². The average molecular weight is 364 g/mol. The molecule has 1 saturated heterocycles. The normalized spacial score (nSPS) is 19.6. The van der Waals surface area contributed by atoms with Crippen LogP contribution in [0.2, 0.25) is 5.02 Å². The molecule has 2 unspecified atom stereocenters. The summed E-state index contributed by atoms with van der Waals surface area (Å²) in [6.45, 7) is 0.253. The van der Waals surface area contributed by atoms with Crippen molar-refractivity contribution in [1.29, 1.82) is 0 Å². The largest absolute Gasteiger partial charge is 0.497 e. The molecule has 1 amide bonds. The lowest BCUT2D eigenvalue weighted by atomic mass is 10.0. The van der Waals surface area contributed by atoms with Gasteiger partial charge < -0.3 is 10.1 Å². The van der Waals surface area contributed by atoms with Crippen molar-refractivity contribution in [2.75, 3.05) is 7.11 Å². The number of hydrogen-bond acceptors (Lipinski definition) is 4. The van der Waals surface area contributed by atoms with Gasteiger partial charge in [-0.25, -0.2) is 15.2 Å². The maximum absolute atomic E-state index is 13.0. The Hall–Kier alpha value is -2.15. The summed E-state index contributed by atoms with van der Waals surface area (Å²) in [6, 6.07) is 11.5. The zero-order chi connectivity index (χ0) is 17.8. The standard InChI is InChI=1S/C18H19ClFN3O2/c1-25-14-6-3-11(4-7-14)16-9-17(23-22-16)18(24)21-10-12-2-5-13(20)8-15(12)19/h2-8,16-17,22-23H,9-10H2,1H3,(H,21,24). The summed E-state index contributed by atoms with van der Waals surface area (Å²) in [4.78, 5) is 12.3. The second kappa shape index (κ2) is 7.82. The Morgan fingerprint density at radius 2 is 2.04 bits per heavy atom. The van der Waals surface area contributed by atoms with Gasteiger partial charge in [0.1, 0.15) is 17.6 Å². The van der Waals surface area contributed by atoms with E-state index in [4.69, 9.17) is 16.3 Å². The monoisotopic (exact) mass is 363 g/mol. The van der Waals surface area contributed by atoms with Gasteiger partial charge in [-0.1, -0.05) is 29.8 Å². The Morgan fingerprint density at radius 3 is 2.72 bits per heavy atom. The van der Waals surface area contributed by atoms with E-state index in [0.717, 1.165) is 11.3 Å². The van der Waals surface area contributed by atoms with E-state index in [0.29, 0.717) is 17.0 Å². The number of carbonyl (C=O) groups excluding carboxylic acids is 1. The van der Waals surface area contributed by atoms with Crippen molar-refractivity contribution in [1.82, 2.24) is 16.2 Å². The highest BCUT2D eigenvalue weighted by molar-refractivity contribution is 6.31. The number of carbonyl (C=O) groups is 1. The number of benzene rings is 2. The Morgan fingerprint density at radius 1 is 1.28 bits per heavy atom. The fourth-order valence-electron chi connectivity index (χ4n) is 2.75. The zero-order valence-corrected chi connectivity index (χ0v) is 14.4. The van der Waals surface area contributed by atoms with Crippen molar-refractivity contribution in [3.8, 4) is 5.75 Å². The van der Waals surface area contributed by atoms with Gasteiger partial charge >= 0.3 is 0 Å². The fraction of sp³-hybridized carbons (Fsp3) is 0.278. The predicted molar refractivity (Wildman–Crippen MR) is 93.7 cm³/mol. The van der Waals surface area contributed by atoms with Crippen molar-refractivity contribution >= 4 is 17.5 Å². The molecule has 2 aromatic carbocycles. The first-order valence-electron chi connectivity index (χ1n) is 7.93. The molecular weight excluding hydrogens is 345 g/mol. The number of rotatable bonds is 5. The van der Waals surface area contributed by atoms with Crippen LogP contribution in [-0.2, 0) is 11.3 Å². The van der Waals surface area contributed by atoms with Gasteiger partial charge in [-0.2, -0.15) is 0 Å². The lowest BCUT2D eigenvalue weighted by molar-refractivity contribution is -0.123. The van der Waals surface area contributed by atoms with E-state index in [1.54, 1.807) is 13.2 Å². The molecule has 0 bridgehead atoms. The van der Waals surface area contributed by atoms with Gasteiger partial charge in [-0.05, 0) is 41.8 Å². The van der Waals surface area contributed by atoms with Gasteiger partial charge in [0, 0.05) is 17.6 Å². The van der Waals surface area contributed by atoms with E-state index in [1.807, 2.05) is 24.3 Å². The molecule has 25 heavy (non-hydrogen) atoms. The van der Waals surface area contributed by atoms with Crippen molar-refractivity contribution in [2.45, 2.75) is 25.0 Å². The van der Waals surface area contributed by atoms with Crippen LogP contribution < -0.4 is 20.9 Å². The molecule has 0 radical (unpaired) electrons. The number of methoxy groups -OCH3 is 1. The highest BCUT2D eigenvalue weighted by Gasteiger charge is 2.30. The summed E-state index contributed by atoms with van der Waals surface area (Å²) in [5.74, 6) is 0.258. The molecule has 2 atom stereocenters. The van der Waals surface area contributed by atoms with E-state index in [-0.39, 0.29) is 24.5 Å². The molecule has 7 heteroatoms. The molecule has 3 rings (SSSR count). The van der Waals surface area contributed by atoms with Gasteiger partial charge in [0.2, 0.25) is 5.91 Å². The number of hydrogen-bond donors (Lipinski definition) is 3. The molecule has 0 aliphatic carbocycles. The third kappa shape index (κ3) is 4.28. The number of halogens is 2. The Kier molecular flexibility index (Phi) is 5.53. The summed E-state index contributed by atoms with van der Waals surface area (Å²) in [7, 11) is 1.62. The second-order valence-electron chi connectivity index (χ2n) is 5.86. The first-order chi connectivity index (χ1) is 12.1. The molecule has 1 heterocycles. The molecule has 5 nitrogen and oxygen atoms in total. The highest BCUT2D eigenvalue weighted by Crippen LogP contribution is 2.24. The van der Waals surface area contributed by atoms with Gasteiger partial charge in [-0.3, -0.25) is 4.79 Å². The molecule has 0 aromatic heterocycles. The lowest BCUT2D eigenvalue weighted by Gasteiger charge is -2.12. The maximum Gasteiger partial charge on any atom is 0.238 e. The van der Waals surface area contributed by atoms with Crippen LogP contribution >= 0.6 is 11.6 Å². The maximum atomic E-state index is 13.0. The van der Waals surface area contributed by atoms with Crippen LogP contribution in [0.4, 0.5) is 4.39 Å². The van der Waals surface area contributed by atoms with Crippen LogP contribution in [0.1, 0.15) is 23.6 Å². The van der Waals surface area contributed by atoms with Gasteiger partial charge in [0.05, 0.1) is 7.11 Å². The van der Waals surface area contributed by atoms with Crippen molar-refractivity contribution in [2.24, 2.45) is 0 Å². The predicted octanol–water partition coefficient (Wildman–Crippen LogP) is 2.71. The smallest absolute Gasteiger partial charge is 0.238 e. The third-order valence-corrected chi connectivity index (χ3v) is 4.56. The van der Waals surface area contributed by atoms with Crippen LogP contribution in [0.5, 0.6) is 5.75 Å². The summed E-state index contributed by atoms with van der Waals surface area (Å²) in [5.41, 5.74) is 7.89. The molecule has 3 N–H and O–H groups in total. The highest BCUT2D eigenvalue weighted by atomic mass is 35.5. The lowest BCUT2D eigenvalue weighted by Crippen LogP contribution is -2.42. The summed E-state index contributed by atoms with van der Waals surface area (Å²) in [6.07, 6.45) is 0.620. The molecule has 132 valence electrons. The van der Waals surface area contributed by atoms with Crippen LogP contribution in [0.25, 0.3) is 0 Å². The van der Waals surface area contributed by atoms with Crippen molar-refractivity contribution in [3.63, 3.8) is 0 Å². The summed E-state index contributed by atoms with van der Waals surface area (Å²) in [5, 5.41) is 3.12. The summed E-state index contributed by atoms with van der Waals surface area (Å²) < 4.78 is 18.2. The third-order valence-electron chi connectivity index (χ3n) is 4.21. The average Bonchev–Trinajstić information content (AvgIpc) is 3.11. The van der Waals surface area contributed by atoms with Crippen molar-refractivity contribution < 1.29 is 13.9 Å². The Balaban J connectivity index is 1.55. The number of ether oxygens (including phenoxy) is 1. The van der Waals surface area contributed by atoms with E-state index >= 15 is 0 Å². The Labute approximate surface area is 150 Å². The fourth-order valence-corrected chi connectivity index (χ4v) is 2.99. The minimum absolute atomic E-state index is 0.0380. The first kappa shape index (κ1) is 17.7. The van der Waals surface area contributed by atoms with Gasteiger partial charge in [-0.15, -0.1) is 0 Å². The van der Waals surface area contributed by atoms with E-state index in [9.17, 15) is 9.18 Å². The summed E-state index contributed by atoms with van der Waals surface area (Å²) >= 11 is 5.97. The molecule has 0 saturated carbocycles. The Bertz CT molecular complexity index is 754. The molecule has 1 aliphatic rings. The minimum atomic E-state index is -0.399. The molecular formula is C18H19ClFN3O2. The topological polar surface area (TPSA) is 62.4 Å². The van der Waals surface area contributed by atoms with Crippen molar-refractivity contribution in [3.05, 3.63) is 64.4 Å². The van der Waals surface area contributed by atoms with Crippen LogP contribution in [0, 0.1) is 5.82 Å². The molecule has 2 aromatic rings. The van der Waals surface area contributed by atoms with Crippen LogP contribution in [0.3, 0.4) is 0 Å². The zero-order valence-electron chi connectivity index (χ0n) is 13.7. The van der Waals surface area contributed by atoms with Crippen LogP contribution in [-0.4, -0.2) is 19.1 Å². The number of nitrogens with one attached hydrogen (secondary N) is 3. The quantitative estimate of drug-likeness (QED) is 0.764. The van der Waals surface area contributed by atoms with E-state index in [2.05, 4.69) is 16.2 Å². The minimum Gasteiger partial charge on any atom is -0.497 e. The van der Waals surface area contributed by atoms with E-state index in [1.165, 1.54) is 12.1 Å². The van der Waals surface area contributed by atoms with E-state index < -0.39 is 5.82 Å². The first-order valence-corrected chi connectivity index (χ1v) is 8.31. The SMILES string of the molecule is COc1ccc(C2CC(C(=O)NCc3ccc(F)cc3Cl)NN2)cc1. The second-order valence-corrected chi connectivity index (χ2v) is 6.26. The van der Waals surface area contributed by atoms with Gasteiger partial charge in [0.15, 0.2) is 0 Å². The molecule has 1 aliphatic heterocycles. The number of amides is 1.